The first kappa shape index (κ1) is 19.8. The van der Waals surface area contributed by atoms with E-state index in [2.05, 4.69) is 10.3 Å². The number of halogens is 2. The van der Waals surface area contributed by atoms with Crippen LogP contribution in [0.25, 0.3) is 5.65 Å². The molecule has 1 atom stereocenters. The molecule has 148 valence electrons. The average molecular weight is 389 g/mol. The highest BCUT2D eigenvalue weighted by molar-refractivity contribution is 5.95. The van der Waals surface area contributed by atoms with Gasteiger partial charge >= 0.3 is 0 Å². The number of carbonyl (C=O) groups is 1. The van der Waals surface area contributed by atoms with Crippen LogP contribution in [0.3, 0.4) is 0 Å². The molecule has 2 heterocycles. The van der Waals surface area contributed by atoms with Crippen LogP contribution in [0, 0.1) is 18.6 Å². The van der Waals surface area contributed by atoms with Gasteiger partial charge in [-0.2, -0.15) is 0 Å². The molecule has 3 rings (SSSR count). The predicted octanol–water partition coefficient (Wildman–Crippen LogP) is 3.00. The van der Waals surface area contributed by atoms with Crippen molar-refractivity contribution in [3.8, 4) is 5.75 Å². The molecule has 0 aliphatic carbocycles. The molecule has 2 N–H and O–H groups in total. The molecule has 0 aliphatic heterocycles. The van der Waals surface area contributed by atoms with Crippen molar-refractivity contribution in [2.75, 3.05) is 6.61 Å². The van der Waals surface area contributed by atoms with E-state index >= 15 is 0 Å². The Balaban J connectivity index is 1.91. The number of aryl methyl sites for hydroxylation is 1. The van der Waals surface area contributed by atoms with Crippen molar-refractivity contribution in [2.24, 2.45) is 0 Å². The first-order chi connectivity index (χ1) is 13.5. The number of nitrogens with one attached hydrogen (secondary N) is 1. The van der Waals surface area contributed by atoms with E-state index in [1.54, 1.807) is 29.7 Å². The van der Waals surface area contributed by atoms with Crippen LogP contribution in [-0.4, -0.2) is 33.0 Å². The van der Waals surface area contributed by atoms with E-state index in [1.165, 1.54) is 6.07 Å². The van der Waals surface area contributed by atoms with Gasteiger partial charge in [-0.25, -0.2) is 13.8 Å². The highest BCUT2D eigenvalue weighted by Crippen LogP contribution is 2.24. The monoisotopic (exact) mass is 389 g/mol. The molecule has 0 unspecified atom stereocenters. The standard InChI is InChI=1S/C20H21F2N3O3/c1-3-13(10-26)24-20(27)18-12(2)23-19-17(8-5-9-25(18)19)28-11-14-15(21)6-4-7-16(14)22/h4-9,13,26H,3,10-11H2,1-2H3,(H,24,27)/t13-/m1/s1. The molecule has 1 aromatic carbocycles. The molecule has 0 fully saturated rings. The van der Waals surface area contributed by atoms with E-state index in [1.807, 2.05) is 6.92 Å². The van der Waals surface area contributed by atoms with Crippen molar-refractivity contribution >= 4 is 11.6 Å². The summed E-state index contributed by atoms with van der Waals surface area (Å²) in [6, 6.07) is 6.52. The molecule has 0 spiro atoms. The zero-order chi connectivity index (χ0) is 20.3. The molecule has 0 bridgehead atoms. The molecule has 28 heavy (non-hydrogen) atoms. The maximum Gasteiger partial charge on any atom is 0.270 e. The van der Waals surface area contributed by atoms with Gasteiger partial charge in [0.15, 0.2) is 11.4 Å². The van der Waals surface area contributed by atoms with E-state index in [4.69, 9.17) is 4.74 Å². The van der Waals surface area contributed by atoms with E-state index in [0.29, 0.717) is 29.2 Å². The van der Waals surface area contributed by atoms with Crippen molar-refractivity contribution in [3.05, 3.63) is 65.1 Å². The Kier molecular flexibility index (Phi) is 5.89. The average Bonchev–Trinajstić information content (AvgIpc) is 3.02. The van der Waals surface area contributed by atoms with Gasteiger partial charge in [-0.1, -0.05) is 13.0 Å². The molecule has 2 aromatic heterocycles. The molecule has 3 aromatic rings. The van der Waals surface area contributed by atoms with Gasteiger partial charge in [0.05, 0.1) is 23.9 Å². The second-order valence-corrected chi connectivity index (χ2v) is 6.36. The molecule has 0 radical (unpaired) electrons. The number of carbonyl (C=O) groups excluding carboxylic acids is 1. The van der Waals surface area contributed by atoms with Crippen LogP contribution in [0.1, 0.15) is 35.1 Å². The van der Waals surface area contributed by atoms with Gasteiger partial charge in [0.1, 0.15) is 23.9 Å². The van der Waals surface area contributed by atoms with Crippen molar-refractivity contribution in [3.63, 3.8) is 0 Å². The van der Waals surface area contributed by atoms with Gasteiger partial charge in [-0.05, 0) is 37.6 Å². The fourth-order valence-corrected chi connectivity index (χ4v) is 2.89. The highest BCUT2D eigenvalue weighted by atomic mass is 19.1. The van der Waals surface area contributed by atoms with Crippen LogP contribution < -0.4 is 10.1 Å². The Bertz CT molecular complexity index is 980. The van der Waals surface area contributed by atoms with Gasteiger partial charge in [0, 0.05) is 6.20 Å². The smallest absolute Gasteiger partial charge is 0.270 e. The number of aliphatic hydroxyl groups is 1. The number of pyridine rings is 1. The second-order valence-electron chi connectivity index (χ2n) is 6.36. The molecular formula is C20H21F2N3O3. The highest BCUT2D eigenvalue weighted by Gasteiger charge is 2.21. The third-order valence-corrected chi connectivity index (χ3v) is 4.49. The summed E-state index contributed by atoms with van der Waals surface area (Å²) < 4.78 is 34.8. The number of rotatable bonds is 7. The summed E-state index contributed by atoms with van der Waals surface area (Å²) in [7, 11) is 0. The van der Waals surface area contributed by atoms with Crippen LogP contribution in [-0.2, 0) is 6.61 Å². The van der Waals surface area contributed by atoms with Crippen molar-refractivity contribution in [1.29, 1.82) is 0 Å². The minimum absolute atomic E-state index is 0.166. The quantitative estimate of drug-likeness (QED) is 0.651. The zero-order valence-corrected chi connectivity index (χ0v) is 15.6. The summed E-state index contributed by atoms with van der Waals surface area (Å²) in [5.41, 5.74) is 0.960. The lowest BCUT2D eigenvalue weighted by atomic mass is 10.2. The van der Waals surface area contributed by atoms with E-state index in [-0.39, 0.29) is 30.7 Å². The van der Waals surface area contributed by atoms with Gasteiger partial charge < -0.3 is 15.2 Å². The maximum absolute atomic E-state index is 13.8. The van der Waals surface area contributed by atoms with Crippen molar-refractivity contribution < 1.29 is 23.4 Å². The normalized spacial score (nSPS) is 12.2. The molecule has 8 heteroatoms. The number of hydrogen-bond donors (Lipinski definition) is 2. The fraction of sp³-hybridized carbons (Fsp3) is 0.300. The van der Waals surface area contributed by atoms with Gasteiger partial charge in [-0.15, -0.1) is 0 Å². The number of ether oxygens (including phenoxy) is 1. The predicted molar refractivity (Wildman–Crippen MR) is 99.3 cm³/mol. The third kappa shape index (κ3) is 3.82. The van der Waals surface area contributed by atoms with E-state index < -0.39 is 11.6 Å². The summed E-state index contributed by atoms with van der Waals surface area (Å²) in [5, 5.41) is 12.1. The van der Waals surface area contributed by atoms with Crippen LogP contribution in [0.5, 0.6) is 5.75 Å². The summed E-state index contributed by atoms with van der Waals surface area (Å²) in [4.78, 5) is 17.0. The Labute approximate surface area is 160 Å². The van der Waals surface area contributed by atoms with Crippen LogP contribution >= 0.6 is 0 Å². The fourth-order valence-electron chi connectivity index (χ4n) is 2.89. The zero-order valence-electron chi connectivity index (χ0n) is 15.6. The van der Waals surface area contributed by atoms with E-state index in [0.717, 1.165) is 12.1 Å². The first-order valence-corrected chi connectivity index (χ1v) is 8.91. The van der Waals surface area contributed by atoms with Gasteiger partial charge in [-0.3, -0.25) is 9.20 Å². The molecule has 0 saturated carbocycles. The lowest BCUT2D eigenvalue weighted by Gasteiger charge is -2.14. The number of amides is 1. The van der Waals surface area contributed by atoms with Crippen molar-refractivity contribution in [2.45, 2.75) is 32.9 Å². The number of benzene rings is 1. The molecule has 1 amide bonds. The number of fused-ring (bicyclic) bond motifs is 1. The molecular weight excluding hydrogens is 368 g/mol. The number of nitrogens with zero attached hydrogens (tertiary/aromatic N) is 2. The Morgan fingerprint density at radius 3 is 2.64 bits per heavy atom. The third-order valence-electron chi connectivity index (χ3n) is 4.49. The lowest BCUT2D eigenvalue weighted by molar-refractivity contribution is 0.0908. The van der Waals surface area contributed by atoms with Gasteiger partial charge in [0.25, 0.3) is 5.91 Å². The molecule has 6 nitrogen and oxygen atoms in total. The Morgan fingerprint density at radius 2 is 2.00 bits per heavy atom. The number of hydrogen-bond acceptors (Lipinski definition) is 4. The summed E-state index contributed by atoms with van der Waals surface area (Å²) >= 11 is 0. The first-order valence-electron chi connectivity index (χ1n) is 8.91. The summed E-state index contributed by atoms with van der Waals surface area (Å²) in [5.74, 6) is -1.47. The maximum atomic E-state index is 13.8. The Morgan fingerprint density at radius 1 is 1.29 bits per heavy atom. The Hall–Kier alpha value is -3.00. The van der Waals surface area contributed by atoms with Crippen molar-refractivity contribution in [1.82, 2.24) is 14.7 Å². The summed E-state index contributed by atoms with van der Waals surface area (Å²) in [6.45, 7) is 3.06. The van der Waals surface area contributed by atoms with E-state index in [9.17, 15) is 18.7 Å². The number of imidazole rings is 1. The van der Waals surface area contributed by atoms with Crippen LogP contribution in [0.2, 0.25) is 0 Å². The minimum Gasteiger partial charge on any atom is -0.485 e. The SMILES string of the molecule is CC[C@H](CO)NC(=O)c1c(C)nc2c(OCc3c(F)cccc3F)cccn12. The number of aromatic nitrogens is 2. The van der Waals surface area contributed by atoms with Crippen LogP contribution in [0.15, 0.2) is 36.5 Å². The summed E-state index contributed by atoms with van der Waals surface area (Å²) in [6.07, 6.45) is 2.24. The number of aliphatic hydroxyl groups excluding tert-OH is 1. The molecule has 0 saturated heterocycles. The largest absolute Gasteiger partial charge is 0.485 e. The van der Waals surface area contributed by atoms with Crippen LogP contribution in [0.4, 0.5) is 8.78 Å². The molecule has 0 aliphatic rings. The van der Waals surface area contributed by atoms with Gasteiger partial charge in [0.2, 0.25) is 0 Å². The second kappa shape index (κ2) is 8.35. The minimum atomic E-state index is -0.693. The lowest BCUT2D eigenvalue weighted by Crippen LogP contribution is -2.37. The topological polar surface area (TPSA) is 75.9 Å².